The van der Waals surface area contributed by atoms with Gasteiger partial charge in [0.05, 0.1) is 11.0 Å². The van der Waals surface area contributed by atoms with Crippen molar-refractivity contribution in [3.05, 3.63) is 206 Å². The first-order valence-electron chi connectivity index (χ1n) is 20.9. The first kappa shape index (κ1) is 34.5. The molecule has 13 aromatic rings. The van der Waals surface area contributed by atoms with E-state index in [9.17, 15) is 0 Å². The summed E-state index contributed by atoms with van der Waals surface area (Å²) in [5.41, 5.74) is 10.1. The molecule has 3 aromatic heterocycles. The highest BCUT2D eigenvalue weighted by Gasteiger charge is 2.19. The van der Waals surface area contributed by atoms with Crippen molar-refractivity contribution in [1.82, 2.24) is 19.5 Å². The van der Waals surface area contributed by atoms with Crippen molar-refractivity contribution in [1.29, 1.82) is 0 Å². The molecule has 3 heterocycles. The van der Waals surface area contributed by atoms with Gasteiger partial charge in [0, 0.05) is 43.9 Å². The summed E-state index contributed by atoms with van der Waals surface area (Å²) in [6.45, 7) is 0. The second-order valence-corrected chi connectivity index (χ2v) is 16.0. The van der Waals surface area contributed by atoms with Crippen LogP contribution in [-0.4, -0.2) is 19.5 Å². The van der Waals surface area contributed by atoms with Gasteiger partial charge in [0.15, 0.2) is 17.5 Å². The maximum atomic E-state index is 6.28. The Morgan fingerprint density at radius 3 is 1.56 bits per heavy atom. The molecule has 0 saturated heterocycles. The Morgan fingerprint density at radius 2 is 0.855 bits per heavy atom. The van der Waals surface area contributed by atoms with E-state index in [0.717, 1.165) is 60.8 Å². The Kier molecular flexibility index (Phi) is 7.54. The van der Waals surface area contributed by atoms with Crippen LogP contribution in [0, 0.1) is 0 Å². The van der Waals surface area contributed by atoms with E-state index in [1.807, 2.05) is 30.3 Å². The minimum atomic E-state index is 0.596. The van der Waals surface area contributed by atoms with Gasteiger partial charge in [-0.1, -0.05) is 152 Å². The van der Waals surface area contributed by atoms with E-state index in [1.165, 1.54) is 48.7 Å². The lowest BCUT2D eigenvalue weighted by atomic mass is 10.0. The molecule has 0 aliphatic carbocycles. The van der Waals surface area contributed by atoms with Crippen LogP contribution >= 0.6 is 0 Å². The van der Waals surface area contributed by atoms with Crippen molar-refractivity contribution < 1.29 is 4.42 Å². The molecule has 0 N–H and O–H groups in total. The number of hydrogen-bond donors (Lipinski definition) is 0. The van der Waals surface area contributed by atoms with Crippen LogP contribution in [0.4, 0.5) is 0 Å². The predicted octanol–water partition coefficient (Wildman–Crippen LogP) is 15.0. The third-order valence-corrected chi connectivity index (χ3v) is 12.4. The maximum Gasteiger partial charge on any atom is 0.164 e. The van der Waals surface area contributed by atoms with Gasteiger partial charge in [-0.05, 0) is 98.0 Å². The van der Waals surface area contributed by atoms with Gasteiger partial charge < -0.3 is 8.98 Å². The van der Waals surface area contributed by atoms with Gasteiger partial charge in [0.25, 0.3) is 0 Å². The summed E-state index contributed by atoms with van der Waals surface area (Å²) in [6.07, 6.45) is 0. The van der Waals surface area contributed by atoms with E-state index in [2.05, 4.69) is 180 Å². The highest BCUT2D eigenvalue weighted by Crippen LogP contribution is 2.39. The lowest BCUT2D eigenvalue weighted by molar-refractivity contribution is 0.669. The highest BCUT2D eigenvalue weighted by molar-refractivity contribution is 6.17. The fourth-order valence-corrected chi connectivity index (χ4v) is 9.35. The van der Waals surface area contributed by atoms with E-state index >= 15 is 0 Å². The van der Waals surface area contributed by atoms with Gasteiger partial charge in [-0.3, -0.25) is 0 Å². The lowest BCUT2D eigenvalue weighted by Gasteiger charge is -2.12. The number of benzene rings is 10. The molecule has 0 saturated carbocycles. The number of nitrogens with zero attached hydrogens (tertiary/aromatic N) is 4. The maximum absolute atomic E-state index is 6.28. The predicted molar refractivity (Wildman–Crippen MR) is 256 cm³/mol. The Morgan fingerprint density at radius 1 is 0.323 bits per heavy atom. The van der Waals surface area contributed by atoms with Gasteiger partial charge in [-0.15, -0.1) is 0 Å². The van der Waals surface area contributed by atoms with Crippen LogP contribution in [0.5, 0.6) is 0 Å². The van der Waals surface area contributed by atoms with E-state index in [-0.39, 0.29) is 0 Å². The van der Waals surface area contributed by atoms with Crippen molar-refractivity contribution in [2.24, 2.45) is 0 Å². The number of hydrogen-bond acceptors (Lipinski definition) is 4. The fraction of sp³-hybridized carbons (Fsp3) is 0. The summed E-state index contributed by atoms with van der Waals surface area (Å²) in [5, 5.41) is 11.7. The van der Waals surface area contributed by atoms with E-state index in [4.69, 9.17) is 19.4 Å². The molecular weight excluding hydrogens is 757 g/mol. The molecular formula is C57H34N4O. The molecule has 0 spiro atoms. The smallest absolute Gasteiger partial charge is 0.164 e. The SMILES string of the molecule is c1cc(-c2ccc(-c3nc(-c4ccc5ccccc5c4)nc(-c4cccc5oc6ccccc6c45)n3)cc2)cc(-n2c3cc4ccccc4cc3c3cc4ccccc4cc32)c1. The van der Waals surface area contributed by atoms with Crippen molar-refractivity contribution in [2.75, 3.05) is 0 Å². The average molecular weight is 791 g/mol. The average Bonchev–Trinajstić information content (AvgIpc) is 3.87. The minimum absolute atomic E-state index is 0.596. The van der Waals surface area contributed by atoms with Crippen molar-refractivity contribution in [3.63, 3.8) is 0 Å². The zero-order valence-electron chi connectivity index (χ0n) is 33.3. The zero-order valence-corrected chi connectivity index (χ0v) is 33.3. The molecule has 0 aliphatic heterocycles. The number of rotatable bonds is 5. The fourth-order valence-electron chi connectivity index (χ4n) is 9.35. The van der Waals surface area contributed by atoms with Crippen molar-refractivity contribution in [3.8, 4) is 51.0 Å². The lowest BCUT2D eigenvalue weighted by Crippen LogP contribution is -2.00. The molecule has 13 rings (SSSR count). The van der Waals surface area contributed by atoms with Crippen LogP contribution in [0.25, 0.3) is 127 Å². The number of furan rings is 1. The molecule has 5 nitrogen and oxygen atoms in total. The molecule has 0 atom stereocenters. The molecule has 10 aromatic carbocycles. The molecule has 62 heavy (non-hydrogen) atoms. The van der Waals surface area contributed by atoms with Gasteiger partial charge >= 0.3 is 0 Å². The third kappa shape index (κ3) is 5.52. The summed E-state index contributed by atoms with van der Waals surface area (Å²) in [5.74, 6) is 1.82. The van der Waals surface area contributed by atoms with E-state index in [0.29, 0.717) is 17.5 Å². The Hall–Kier alpha value is -8.41. The van der Waals surface area contributed by atoms with Gasteiger partial charge in [-0.25, -0.2) is 15.0 Å². The highest BCUT2D eigenvalue weighted by atomic mass is 16.3. The zero-order chi connectivity index (χ0) is 40.7. The van der Waals surface area contributed by atoms with Crippen LogP contribution in [0.3, 0.4) is 0 Å². The summed E-state index contributed by atoms with van der Waals surface area (Å²) in [7, 11) is 0. The van der Waals surface area contributed by atoms with Crippen LogP contribution in [0.15, 0.2) is 211 Å². The molecule has 0 radical (unpaired) electrons. The first-order valence-corrected chi connectivity index (χ1v) is 20.9. The Bertz CT molecular complexity index is 3840. The molecule has 0 fully saturated rings. The quantitative estimate of drug-likeness (QED) is 0.174. The van der Waals surface area contributed by atoms with E-state index in [1.54, 1.807) is 0 Å². The molecule has 0 bridgehead atoms. The van der Waals surface area contributed by atoms with Crippen LogP contribution in [0.1, 0.15) is 0 Å². The van der Waals surface area contributed by atoms with Crippen LogP contribution < -0.4 is 0 Å². The standard InChI is InChI=1S/C57H34N4O/c1-2-12-38-29-44(28-25-35(38)11-1)56-58-55(59-57(60-56)47-20-10-22-53-54(47)46-19-7-8-21-52(46)62-53)37-26-23-36(24-27-37)39-17-9-18-45(30-39)61-50-33-42-15-5-3-13-40(42)31-48(50)49-32-41-14-4-6-16-43(41)34-51(49)61/h1-34H. The number of aromatic nitrogens is 4. The summed E-state index contributed by atoms with van der Waals surface area (Å²) in [6, 6.07) is 73.0. The topological polar surface area (TPSA) is 56.7 Å². The number of fused-ring (bicyclic) bond motifs is 9. The van der Waals surface area contributed by atoms with Gasteiger partial charge in [0.1, 0.15) is 11.2 Å². The molecule has 0 unspecified atom stereocenters. The van der Waals surface area contributed by atoms with Crippen LogP contribution in [0.2, 0.25) is 0 Å². The van der Waals surface area contributed by atoms with Gasteiger partial charge in [-0.2, -0.15) is 0 Å². The normalized spacial score (nSPS) is 11.9. The number of para-hydroxylation sites is 1. The molecule has 0 amide bonds. The Labute approximate surface area is 355 Å². The summed E-state index contributed by atoms with van der Waals surface area (Å²) in [4.78, 5) is 15.5. The second kappa shape index (κ2) is 13.6. The summed E-state index contributed by atoms with van der Waals surface area (Å²) < 4.78 is 8.71. The first-order chi connectivity index (χ1) is 30.7. The van der Waals surface area contributed by atoms with Crippen LogP contribution in [-0.2, 0) is 0 Å². The van der Waals surface area contributed by atoms with Crippen molar-refractivity contribution >= 4 is 76.1 Å². The second-order valence-electron chi connectivity index (χ2n) is 16.0. The molecule has 0 aliphatic rings. The Balaban J connectivity index is 0.944. The van der Waals surface area contributed by atoms with Crippen molar-refractivity contribution in [2.45, 2.75) is 0 Å². The largest absolute Gasteiger partial charge is 0.456 e. The minimum Gasteiger partial charge on any atom is -0.456 e. The third-order valence-electron chi connectivity index (χ3n) is 12.4. The molecule has 5 heteroatoms. The van der Waals surface area contributed by atoms with E-state index < -0.39 is 0 Å². The summed E-state index contributed by atoms with van der Waals surface area (Å²) >= 11 is 0. The van der Waals surface area contributed by atoms with Gasteiger partial charge in [0.2, 0.25) is 0 Å². The molecule has 288 valence electrons. The monoisotopic (exact) mass is 790 g/mol.